The minimum atomic E-state index is -0.180. The van der Waals surface area contributed by atoms with Crippen molar-refractivity contribution >= 4 is 12.2 Å². The lowest BCUT2D eigenvalue weighted by molar-refractivity contribution is 0.0259. The standard InChI is InChI=1S/C8H15NO2S/c1-7(11-8(2,3)4)9-5-6-10-12-9/h1,5-6H2,2-4H3. The predicted octanol–water partition coefficient (Wildman–Crippen LogP) is 2.17. The van der Waals surface area contributed by atoms with Crippen molar-refractivity contribution in [3.05, 3.63) is 12.5 Å². The van der Waals surface area contributed by atoms with Crippen molar-refractivity contribution in [2.75, 3.05) is 13.2 Å². The molecule has 1 aliphatic rings. The third-order valence-corrected chi connectivity index (χ3v) is 2.06. The topological polar surface area (TPSA) is 21.7 Å². The van der Waals surface area contributed by atoms with Crippen LogP contribution in [-0.2, 0) is 8.92 Å². The quantitative estimate of drug-likeness (QED) is 0.377. The number of ether oxygens (including phenoxy) is 1. The predicted molar refractivity (Wildman–Crippen MR) is 50.2 cm³/mol. The van der Waals surface area contributed by atoms with Gasteiger partial charge >= 0.3 is 0 Å². The molecule has 0 bridgehead atoms. The molecule has 0 aromatic rings. The van der Waals surface area contributed by atoms with Crippen LogP contribution >= 0.6 is 12.2 Å². The summed E-state index contributed by atoms with van der Waals surface area (Å²) in [5.41, 5.74) is -0.180. The van der Waals surface area contributed by atoms with E-state index in [1.807, 2.05) is 25.1 Å². The average Bonchev–Trinajstić information content (AvgIpc) is 2.32. The molecule has 0 aromatic heterocycles. The molecule has 70 valence electrons. The highest BCUT2D eigenvalue weighted by Gasteiger charge is 2.21. The summed E-state index contributed by atoms with van der Waals surface area (Å²) in [5, 5.41) is 0. The van der Waals surface area contributed by atoms with Crippen molar-refractivity contribution in [1.82, 2.24) is 4.31 Å². The Kier molecular flexibility index (Phi) is 2.90. The van der Waals surface area contributed by atoms with Crippen molar-refractivity contribution in [1.29, 1.82) is 0 Å². The fraction of sp³-hybridized carbons (Fsp3) is 0.750. The van der Waals surface area contributed by atoms with Crippen LogP contribution < -0.4 is 0 Å². The van der Waals surface area contributed by atoms with Gasteiger partial charge in [0.2, 0.25) is 0 Å². The first-order valence-corrected chi connectivity index (χ1v) is 4.64. The normalized spacial score (nSPS) is 18.1. The zero-order valence-corrected chi connectivity index (χ0v) is 8.61. The Hall–Kier alpha value is -0.350. The van der Waals surface area contributed by atoms with Gasteiger partial charge in [-0.15, -0.1) is 0 Å². The summed E-state index contributed by atoms with van der Waals surface area (Å²) >= 11 is 1.30. The molecule has 0 N–H and O–H groups in total. The Morgan fingerprint density at radius 3 is 2.67 bits per heavy atom. The van der Waals surface area contributed by atoms with Gasteiger partial charge < -0.3 is 4.74 Å². The maximum atomic E-state index is 5.55. The average molecular weight is 189 g/mol. The van der Waals surface area contributed by atoms with Gasteiger partial charge in [-0.1, -0.05) is 0 Å². The van der Waals surface area contributed by atoms with Crippen LogP contribution in [0, 0.1) is 0 Å². The molecule has 12 heavy (non-hydrogen) atoms. The molecule has 0 radical (unpaired) electrons. The molecule has 0 atom stereocenters. The lowest BCUT2D eigenvalue weighted by atomic mass is 10.2. The van der Waals surface area contributed by atoms with Gasteiger partial charge in [0.25, 0.3) is 0 Å². The first-order chi connectivity index (χ1) is 5.49. The molecule has 3 nitrogen and oxygen atoms in total. The molecular weight excluding hydrogens is 174 g/mol. The Balaban J connectivity index is 2.37. The van der Waals surface area contributed by atoms with Crippen LogP contribution in [0.3, 0.4) is 0 Å². The van der Waals surface area contributed by atoms with Crippen molar-refractivity contribution in [2.45, 2.75) is 26.4 Å². The van der Waals surface area contributed by atoms with Gasteiger partial charge in [-0.05, 0) is 27.4 Å². The third kappa shape index (κ3) is 2.95. The summed E-state index contributed by atoms with van der Waals surface area (Å²) in [6.45, 7) is 11.4. The van der Waals surface area contributed by atoms with Crippen LogP contribution in [0.2, 0.25) is 0 Å². The van der Waals surface area contributed by atoms with Crippen molar-refractivity contribution in [3.63, 3.8) is 0 Å². The molecule has 1 aliphatic heterocycles. The number of hydrogen-bond acceptors (Lipinski definition) is 4. The number of nitrogens with zero attached hydrogens (tertiary/aromatic N) is 1. The zero-order chi connectivity index (χ0) is 9.19. The highest BCUT2D eigenvalue weighted by molar-refractivity contribution is 7.92. The molecule has 0 unspecified atom stereocenters. The van der Waals surface area contributed by atoms with Crippen molar-refractivity contribution in [3.8, 4) is 0 Å². The van der Waals surface area contributed by atoms with E-state index in [0.29, 0.717) is 5.88 Å². The molecular formula is C8H15NO2S. The number of rotatable bonds is 2. The number of hydrogen-bond donors (Lipinski definition) is 0. The fourth-order valence-corrected chi connectivity index (χ4v) is 1.37. The Bertz CT molecular complexity index is 170. The highest BCUT2D eigenvalue weighted by Crippen LogP contribution is 2.26. The van der Waals surface area contributed by atoms with Crippen LogP contribution in [-0.4, -0.2) is 23.1 Å². The van der Waals surface area contributed by atoms with Crippen LogP contribution in [0.4, 0.5) is 0 Å². The first-order valence-electron chi connectivity index (χ1n) is 3.94. The van der Waals surface area contributed by atoms with Crippen LogP contribution in [0.1, 0.15) is 20.8 Å². The van der Waals surface area contributed by atoms with Crippen molar-refractivity contribution < 1.29 is 8.92 Å². The van der Waals surface area contributed by atoms with Gasteiger partial charge in [-0.3, -0.25) is 8.49 Å². The lowest BCUT2D eigenvalue weighted by Gasteiger charge is -2.26. The second-order valence-corrected chi connectivity index (χ2v) is 4.43. The summed E-state index contributed by atoms with van der Waals surface area (Å²) < 4.78 is 12.6. The molecule has 0 aromatic carbocycles. The van der Waals surface area contributed by atoms with Gasteiger partial charge in [-0.25, -0.2) is 0 Å². The van der Waals surface area contributed by atoms with E-state index in [-0.39, 0.29) is 5.60 Å². The Morgan fingerprint density at radius 1 is 1.58 bits per heavy atom. The van der Waals surface area contributed by atoms with E-state index in [9.17, 15) is 0 Å². The molecule has 0 amide bonds. The van der Waals surface area contributed by atoms with Gasteiger partial charge in [0.15, 0.2) is 5.88 Å². The Labute approximate surface area is 78.1 Å². The van der Waals surface area contributed by atoms with Crippen LogP contribution in [0.5, 0.6) is 0 Å². The van der Waals surface area contributed by atoms with Gasteiger partial charge in [0.05, 0.1) is 13.2 Å². The molecule has 4 heteroatoms. The smallest absolute Gasteiger partial charge is 0.194 e. The molecule has 1 fully saturated rings. The maximum Gasteiger partial charge on any atom is 0.194 e. The van der Waals surface area contributed by atoms with Crippen molar-refractivity contribution in [2.24, 2.45) is 0 Å². The lowest BCUT2D eigenvalue weighted by Crippen LogP contribution is -2.24. The van der Waals surface area contributed by atoms with Crippen LogP contribution in [0.15, 0.2) is 12.5 Å². The van der Waals surface area contributed by atoms with E-state index in [2.05, 4.69) is 6.58 Å². The molecule has 1 heterocycles. The zero-order valence-electron chi connectivity index (χ0n) is 7.79. The third-order valence-electron chi connectivity index (χ3n) is 1.22. The largest absolute Gasteiger partial charge is 0.473 e. The summed E-state index contributed by atoms with van der Waals surface area (Å²) in [6.07, 6.45) is 0. The van der Waals surface area contributed by atoms with Gasteiger partial charge in [0.1, 0.15) is 17.8 Å². The summed E-state index contributed by atoms with van der Waals surface area (Å²) in [7, 11) is 0. The van der Waals surface area contributed by atoms with E-state index >= 15 is 0 Å². The van der Waals surface area contributed by atoms with E-state index < -0.39 is 0 Å². The molecule has 0 aliphatic carbocycles. The summed E-state index contributed by atoms with van der Waals surface area (Å²) in [4.78, 5) is 0. The van der Waals surface area contributed by atoms with Gasteiger partial charge in [0, 0.05) is 0 Å². The maximum absolute atomic E-state index is 5.55. The molecule has 0 saturated carbocycles. The monoisotopic (exact) mass is 189 g/mol. The van der Waals surface area contributed by atoms with Gasteiger partial charge in [-0.2, -0.15) is 0 Å². The van der Waals surface area contributed by atoms with E-state index in [4.69, 9.17) is 8.92 Å². The molecule has 0 spiro atoms. The molecule has 1 saturated heterocycles. The second-order valence-electron chi connectivity index (χ2n) is 3.61. The SMILES string of the molecule is C=C(OC(C)(C)C)N1CCOS1. The van der Waals surface area contributed by atoms with E-state index in [1.165, 1.54) is 12.2 Å². The summed E-state index contributed by atoms with van der Waals surface area (Å²) in [6, 6.07) is 0. The minimum absolute atomic E-state index is 0.180. The summed E-state index contributed by atoms with van der Waals surface area (Å²) in [5.74, 6) is 0.671. The highest BCUT2D eigenvalue weighted by atomic mass is 32.2. The second kappa shape index (κ2) is 3.58. The van der Waals surface area contributed by atoms with Crippen LogP contribution in [0.25, 0.3) is 0 Å². The first kappa shape index (κ1) is 9.74. The Morgan fingerprint density at radius 2 is 2.25 bits per heavy atom. The van der Waals surface area contributed by atoms with E-state index in [0.717, 1.165) is 13.2 Å². The fourth-order valence-electron chi connectivity index (χ4n) is 0.829. The molecule has 1 rings (SSSR count). The minimum Gasteiger partial charge on any atom is -0.473 e. The van der Waals surface area contributed by atoms with E-state index in [1.54, 1.807) is 0 Å².